The molecule has 0 spiro atoms. The van der Waals surface area contributed by atoms with E-state index in [-0.39, 0.29) is 11.3 Å². The van der Waals surface area contributed by atoms with Crippen molar-refractivity contribution in [2.45, 2.75) is 6.92 Å². The molecule has 1 aromatic heterocycles. The molecule has 1 N–H and O–H groups in total. The van der Waals surface area contributed by atoms with Gasteiger partial charge in [0.15, 0.2) is 0 Å². The molecule has 3 aromatic rings. The molecular weight excluding hydrogens is 336 g/mol. The summed E-state index contributed by atoms with van der Waals surface area (Å²) in [5, 5.41) is 10.2. The summed E-state index contributed by atoms with van der Waals surface area (Å²) in [5.41, 5.74) is 2.76. The van der Waals surface area contributed by atoms with Gasteiger partial charge in [0.05, 0.1) is 16.9 Å². The zero-order valence-electron chi connectivity index (χ0n) is 15.1. The molecule has 27 heavy (non-hydrogen) atoms. The van der Waals surface area contributed by atoms with E-state index in [2.05, 4.69) is 18.1 Å². The lowest BCUT2D eigenvalue weighted by atomic mass is 10.1. The van der Waals surface area contributed by atoms with E-state index in [1.165, 1.54) is 16.7 Å². The van der Waals surface area contributed by atoms with Gasteiger partial charge < -0.3 is 5.11 Å². The van der Waals surface area contributed by atoms with E-state index in [9.17, 15) is 9.90 Å². The Hall–Kier alpha value is -3.66. The number of rotatable bonds is 5. The molecule has 4 heteroatoms. The van der Waals surface area contributed by atoms with Crippen LogP contribution in [-0.4, -0.2) is 14.7 Å². The van der Waals surface area contributed by atoms with Crippen molar-refractivity contribution in [3.05, 3.63) is 100 Å². The Balaban J connectivity index is 2.25. The number of nitrogens with zero attached hydrogens (tertiary/aromatic N) is 2. The van der Waals surface area contributed by atoms with Gasteiger partial charge in [-0.3, -0.25) is 9.36 Å². The van der Waals surface area contributed by atoms with Gasteiger partial charge in [0.1, 0.15) is 11.6 Å². The molecule has 4 nitrogen and oxygen atoms in total. The number of aryl methyl sites for hydroxylation is 1. The molecule has 0 aliphatic heterocycles. The lowest BCUT2D eigenvalue weighted by Crippen LogP contribution is -2.25. The molecule has 0 fully saturated rings. The fourth-order valence-electron chi connectivity index (χ4n) is 2.83. The van der Waals surface area contributed by atoms with Crippen LogP contribution in [0.25, 0.3) is 30.0 Å². The van der Waals surface area contributed by atoms with E-state index in [0.29, 0.717) is 28.3 Å². The van der Waals surface area contributed by atoms with Gasteiger partial charge in [-0.05, 0) is 42.8 Å². The second-order valence-electron chi connectivity index (χ2n) is 6.00. The first-order chi connectivity index (χ1) is 13.1. The zero-order valence-corrected chi connectivity index (χ0v) is 15.1. The largest absolute Gasteiger partial charge is 0.507 e. The summed E-state index contributed by atoms with van der Waals surface area (Å²) in [6.07, 6.45) is 6.48. The van der Waals surface area contributed by atoms with Crippen LogP contribution in [0.4, 0.5) is 0 Å². The smallest absolute Gasteiger partial charge is 0.266 e. The van der Waals surface area contributed by atoms with Gasteiger partial charge in [-0.1, -0.05) is 55.6 Å². The monoisotopic (exact) mass is 356 g/mol. The van der Waals surface area contributed by atoms with Gasteiger partial charge in [0.25, 0.3) is 5.56 Å². The summed E-state index contributed by atoms with van der Waals surface area (Å²) in [5.74, 6) is 0.640. The third-order valence-electron chi connectivity index (χ3n) is 4.27. The fourth-order valence-corrected chi connectivity index (χ4v) is 2.83. The van der Waals surface area contributed by atoms with Crippen LogP contribution >= 0.6 is 0 Å². The molecule has 0 saturated carbocycles. The van der Waals surface area contributed by atoms with Crippen LogP contribution in [0.15, 0.2) is 66.5 Å². The molecule has 0 radical (unpaired) electrons. The Morgan fingerprint density at radius 2 is 1.74 bits per heavy atom. The Morgan fingerprint density at radius 3 is 2.41 bits per heavy atom. The van der Waals surface area contributed by atoms with E-state index in [1.807, 2.05) is 49.4 Å². The molecule has 2 aromatic carbocycles. The Labute approximate surface area is 158 Å². The molecule has 0 atom stereocenters. The number of phenols is 1. The number of benzene rings is 2. The number of aromatic nitrogens is 2. The minimum Gasteiger partial charge on any atom is -0.507 e. The highest BCUT2D eigenvalue weighted by Crippen LogP contribution is 2.23. The average molecular weight is 356 g/mol. The summed E-state index contributed by atoms with van der Waals surface area (Å²) in [7, 11) is 0. The molecule has 0 bridgehead atoms. The minimum absolute atomic E-state index is 0.203. The van der Waals surface area contributed by atoms with Gasteiger partial charge in [-0.2, -0.15) is 0 Å². The van der Waals surface area contributed by atoms with Crippen LogP contribution < -0.4 is 5.56 Å². The van der Waals surface area contributed by atoms with Crippen LogP contribution in [0.5, 0.6) is 5.75 Å². The van der Waals surface area contributed by atoms with E-state index >= 15 is 0 Å². The predicted octanol–water partition coefficient (Wildman–Crippen LogP) is 4.70. The van der Waals surface area contributed by atoms with Crippen molar-refractivity contribution in [1.82, 2.24) is 9.55 Å². The molecule has 1 heterocycles. The molecule has 0 unspecified atom stereocenters. The molecule has 0 aliphatic rings. The standard InChI is InChI=1S/C23H20N2O2/c1-4-19-20(5-2)24-21(15-14-17-11-9-10-16(3)22(17)26)25(23(19)27)18-12-7-6-8-13-18/h4-15,26H,1-2H2,3H3/b15-14+. The zero-order chi connectivity index (χ0) is 19.4. The second-order valence-corrected chi connectivity index (χ2v) is 6.00. The van der Waals surface area contributed by atoms with E-state index < -0.39 is 0 Å². The van der Waals surface area contributed by atoms with Crippen LogP contribution in [-0.2, 0) is 0 Å². The summed E-state index contributed by atoms with van der Waals surface area (Å²) >= 11 is 0. The highest BCUT2D eigenvalue weighted by atomic mass is 16.3. The first kappa shape index (κ1) is 18.1. The van der Waals surface area contributed by atoms with Gasteiger partial charge in [0, 0.05) is 5.56 Å². The summed E-state index contributed by atoms with van der Waals surface area (Å²) in [6.45, 7) is 9.31. The number of para-hydroxylation sites is 2. The number of aromatic hydroxyl groups is 1. The van der Waals surface area contributed by atoms with Crippen molar-refractivity contribution < 1.29 is 5.11 Å². The third kappa shape index (κ3) is 3.51. The molecule has 0 aliphatic carbocycles. The maximum absolute atomic E-state index is 13.1. The normalized spacial score (nSPS) is 10.9. The molecule has 0 amide bonds. The maximum Gasteiger partial charge on any atom is 0.266 e. The second kappa shape index (κ2) is 7.70. The van der Waals surface area contributed by atoms with E-state index in [1.54, 1.807) is 18.2 Å². The molecule has 134 valence electrons. The van der Waals surface area contributed by atoms with Crippen LogP contribution in [0.3, 0.4) is 0 Å². The Bertz CT molecular complexity index is 1090. The van der Waals surface area contributed by atoms with Gasteiger partial charge in [-0.25, -0.2) is 4.98 Å². The van der Waals surface area contributed by atoms with Crippen molar-refractivity contribution in [2.24, 2.45) is 0 Å². The number of hydrogen-bond donors (Lipinski definition) is 1. The summed E-state index contributed by atoms with van der Waals surface area (Å²) < 4.78 is 1.52. The van der Waals surface area contributed by atoms with Crippen molar-refractivity contribution >= 4 is 24.3 Å². The maximum atomic E-state index is 13.1. The minimum atomic E-state index is -0.228. The topological polar surface area (TPSA) is 55.1 Å². The highest BCUT2D eigenvalue weighted by molar-refractivity contribution is 5.72. The predicted molar refractivity (Wildman–Crippen MR) is 112 cm³/mol. The SMILES string of the molecule is C=Cc1nc(/C=C/c2cccc(C)c2O)n(-c2ccccc2)c(=O)c1C=C. The Kier molecular flexibility index (Phi) is 5.18. The summed E-state index contributed by atoms with van der Waals surface area (Å²) in [6, 6.07) is 14.8. The van der Waals surface area contributed by atoms with Crippen molar-refractivity contribution in [3.63, 3.8) is 0 Å². The van der Waals surface area contributed by atoms with Crippen molar-refractivity contribution in [1.29, 1.82) is 0 Å². The van der Waals surface area contributed by atoms with Crippen LogP contribution in [0, 0.1) is 6.92 Å². The van der Waals surface area contributed by atoms with Crippen LogP contribution in [0.1, 0.15) is 28.2 Å². The van der Waals surface area contributed by atoms with Gasteiger partial charge in [-0.15, -0.1) is 0 Å². The van der Waals surface area contributed by atoms with Crippen LogP contribution in [0.2, 0.25) is 0 Å². The van der Waals surface area contributed by atoms with Gasteiger partial charge in [0.2, 0.25) is 0 Å². The van der Waals surface area contributed by atoms with Crippen molar-refractivity contribution in [3.8, 4) is 11.4 Å². The first-order valence-corrected chi connectivity index (χ1v) is 8.50. The number of hydrogen-bond acceptors (Lipinski definition) is 3. The number of phenolic OH excluding ortho intramolecular Hbond substituents is 1. The fraction of sp³-hybridized carbons (Fsp3) is 0.0435. The third-order valence-corrected chi connectivity index (χ3v) is 4.27. The lowest BCUT2D eigenvalue weighted by molar-refractivity contribution is 0.470. The quantitative estimate of drug-likeness (QED) is 0.721. The van der Waals surface area contributed by atoms with E-state index in [0.717, 1.165) is 5.56 Å². The lowest BCUT2D eigenvalue weighted by Gasteiger charge is -2.13. The Morgan fingerprint density at radius 1 is 1.00 bits per heavy atom. The average Bonchev–Trinajstić information content (AvgIpc) is 2.69. The molecular formula is C23H20N2O2. The summed E-state index contributed by atoms with van der Waals surface area (Å²) in [4.78, 5) is 17.6. The molecule has 3 rings (SSSR count). The molecule has 0 saturated heterocycles. The van der Waals surface area contributed by atoms with Gasteiger partial charge >= 0.3 is 0 Å². The van der Waals surface area contributed by atoms with E-state index in [4.69, 9.17) is 0 Å². The highest BCUT2D eigenvalue weighted by Gasteiger charge is 2.13. The van der Waals surface area contributed by atoms with Crippen molar-refractivity contribution in [2.75, 3.05) is 0 Å². The first-order valence-electron chi connectivity index (χ1n) is 8.50.